The number of nitrogens with one attached hydrogen (secondary N) is 1. The first-order valence-electron chi connectivity index (χ1n) is 4.63. The lowest BCUT2D eigenvalue weighted by Crippen LogP contribution is -2.20. The smallest absolute Gasteiger partial charge is 0.126 e. The molecular weight excluding hydrogens is 263 g/mol. The van der Waals surface area contributed by atoms with E-state index < -0.39 is 0 Å². The second-order valence-electron chi connectivity index (χ2n) is 3.17. The fraction of sp³-hybridized carbons (Fsp3) is 0.500. The van der Waals surface area contributed by atoms with E-state index in [2.05, 4.69) is 33.2 Å². The van der Waals surface area contributed by atoms with E-state index >= 15 is 0 Å². The van der Waals surface area contributed by atoms with Gasteiger partial charge in [0.1, 0.15) is 5.82 Å². The van der Waals surface area contributed by atoms with Gasteiger partial charge in [0, 0.05) is 16.4 Å². The molecule has 78 valence electrons. The molecule has 4 heteroatoms. The van der Waals surface area contributed by atoms with Gasteiger partial charge in [0.25, 0.3) is 0 Å². The van der Waals surface area contributed by atoms with Crippen LogP contribution in [-0.2, 0) is 0 Å². The Morgan fingerprint density at radius 1 is 1.57 bits per heavy atom. The average molecular weight is 278 g/mol. The molecule has 1 aromatic heterocycles. The molecule has 0 saturated heterocycles. The van der Waals surface area contributed by atoms with Crippen molar-refractivity contribution in [3.63, 3.8) is 0 Å². The Bertz CT molecular complexity index is 300. The lowest BCUT2D eigenvalue weighted by molar-refractivity contribution is 0.764. The quantitative estimate of drug-likeness (QED) is 0.851. The van der Waals surface area contributed by atoms with Crippen LogP contribution in [0.15, 0.2) is 16.6 Å². The Morgan fingerprint density at radius 2 is 2.29 bits per heavy atom. The van der Waals surface area contributed by atoms with Crippen LogP contribution in [0.5, 0.6) is 0 Å². The standard InChI is InChI=1S/C10H14BrClN2/c1-3-8(6-12)14-10-5-4-9(11)7(2)13-10/h4-5,8H,3,6H2,1-2H3,(H,13,14). The van der Waals surface area contributed by atoms with Gasteiger partial charge >= 0.3 is 0 Å². The van der Waals surface area contributed by atoms with Crippen LogP contribution < -0.4 is 5.32 Å². The number of hydrogen-bond acceptors (Lipinski definition) is 2. The van der Waals surface area contributed by atoms with Crippen molar-refractivity contribution in [3.05, 3.63) is 22.3 Å². The average Bonchev–Trinajstić information content (AvgIpc) is 2.19. The number of halogens is 2. The van der Waals surface area contributed by atoms with Gasteiger partial charge in [0.15, 0.2) is 0 Å². The van der Waals surface area contributed by atoms with E-state index in [9.17, 15) is 0 Å². The van der Waals surface area contributed by atoms with E-state index in [4.69, 9.17) is 11.6 Å². The van der Waals surface area contributed by atoms with Gasteiger partial charge in [-0.2, -0.15) is 0 Å². The van der Waals surface area contributed by atoms with Crippen LogP contribution in [0.3, 0.4) is 0 Å². The molecule has 1 heterocycles. The fourth-order valence-electron chi connectivity index (χ4n) is 1.08. The van der Waals surface area contributed by atoms with Crippen molar-refractivity contribution in [3.8, 4) is 0 Å². The van der Waals surface area contributed by atoms with Crippen LogP contribution >= 0.6 is 27.5 Å². The second kappa shape index (κ2) is 5.56. The molecule has 0 aliphatic heterocycles. The first-order chi connectivity index (χ1) is 6.67. The normalized spacial score (nSPS) is 12.6. The lowest BCUT2D eigenvalue weighted by Gasteiger charge is -2.14. The third-order valence-electron chi connectivity index (χ3n) is 2.05. The third kappa shape index (κ3) is 3.14. The summed E-state index contributed by atoms with van der Waals surface area (Å²) in [5.74, 6) is 1.49. The molecule has 1 atom stereocenters. The summed E-state index contributed by atoms with van der Waals surface area (Å²) < 4.78 is 1.03. The predicted molar refractivity (Wildman–Crippen MR) is 65.1 cm³/mol. The molecule has 1 unspecified atom stereocenters. The van der Waals surface area contributed by atoms with E-state index in [1.807, 2.05) is 19.1 Å². The van der Waals surface area contributed by atoms with Gasteiger partial charge < -0.3 is 5.32 Å². The highest BCUT2D eigenvalue weighted by Gasteiger charge is 2.05. The number of rotatable bonds is 4. The van der Waals surface area contributed by atoms with Crippen LogP contribution in [-0.4, -0.2) is 16.9 Å². The maximum Gasteiger partial charge on any atom is 0.126 e. The summed E-state index contributed by atoms with van der Waals surface area (Å²) in [6.07, 6.45) is 1.00. The van der Waals surface area contributed by atoms with Crippen molar-refractivity contribution < 1.29 is 0 Å². The van der Waals surface area contributed by atoms with E-state index in [1.54, 1.807) is 0 Å². The molecule has 14 heavy (non-hydrogen) atoms. The first kappa shape index (κ1) is 11.8. The molecule has 0 aliphatic carbocycles. The van der Waals surface area contributed by atoms with Crippen molar-refractivity contribution in [2.75, 3.05) is 11.2 Å². The molecule has 0 aromatic carbocycles. The summed E-state index contributed by atoms with van der Waals surface area (Å²) in [6.45, 7) is 4.07. The SMILES string of the molecule is CCC(CCl)Nc1ccc(Br)c(C)n1. The van der Waals surface area contributed by atoms with Crippen LogP contribution in [0.25, 0.3) is 0 Å². The highest BCUT2D eigenvalue weighted by atomic mass is 79.9. The zero-order valence-electron chi connectivity index (χ0n) is 8.35. The maximum atomic E-state index is 5.79. The summed E-state index contributed by atoms with van der Waals surface area (Å²) in [5, 5.41) is 3.28. The summed E-state index contributed by atoms with van der Waals surface area (Å²) in [7, 11) is 0. The molecule has 1 N–H and O–H groups in total. The molecule has 0 amide bonds. The molecule has 2 nitrogen and oxygen atoms in total. The fourth-order valence-corrected chi connectivity index (χ4v) is 1.60. The zero-order chi connectivity index (χ0) is 10.6. The van der Waals surface area contributed by atoms with Crippen LogP contribution in [0.1, 0.15) is 19.0 Å². The predicted octanol–water partition coefficient (Wildman–Crippen LogP) is 3.58. The Kier molecular flexibility index (Phi) is 4.69. The Hall–Kier alpha value is -0.280. The van der Waals surface area contributed by atoms with Gasteiger partial charge in [-0.3, -0.25) is 0 Å². The number of aromatic nitrogens is 1. The van der Waals surface area contributed by atoms with Crippen molar-refractivity contribution in [1.29, 1.82) is 0 Å². The molecule has 1 rings (SSSR count). The number of aryl methyl sites for hydroxylation is 1. The summed E-state index contributed by atoms with van der Waals surface area (Å²) in [4.78, 5) is 4.39. The molecule has 0 radical (unpaired) electrons. The monoisotopic (exact) mass is 276 g/mol. The van der Waals surface area contributed by atoms with E-state index in [1.165, 1.54) is 0 Å². The summed E-state index contributed by atoms with van der Waals surface area (Å²) in [5.41, 5.74) is 0.986. The van der Waals surface area contributed by atoms with E-state index in [0.717, 1.165) is 22.4 Å². The Morgan fingerprint density at radius 3 is 2.79 bits per heavy atom. The zero-order valence-corrected chi connectivity index (χ0v) is 10.7. The third-order valence-corrected chi connectivity index (χ3v) is 3.26. The summed E-state index contributed by atoms with van der Waals surface area (Å²) in [6, 6.07) is 4.24. The largest absolute Gasteiger partial charge is 0.366 e. The minimum absolute atomic E-state index is 0.296. The molecule has 0 saturated carbocycles. The lowest BCUT2D eigenvalue weighted by atomic mass is 10.2. The Balaban J connectivity index is 2.72. The topological polar surface area (TPSA) is 24.9 Å². The van der Waals surface area contributed by atoms with Crippen molar-refractivity contribution in [1.82, 2.24) is 4.98 Å². The number of anilines is 1. The van der Waals surface area contributed by atoms with Crippen molar-refractivity contribution in [2.24, 2.45) is 0 Å². The van der Waals surface area contributed by atoms with Gasteiger partial charge in [-0.05, 0) is 41.4 Å². The van der Waals surface area contributed by atoms with E-state index in [0.29, 0.717) is 11.9 Å². The number of hydrogen-bond donors (Lipinski definition) is 1. The van der Waals surface area contributed by atoms with Crippen molar-refractivity contribution in [2.45, 2.75) is 26.3 Å². The minimum atomic E-state index is 0.296. The molecule has 0 aliphatic rings. The van der Waals surface area contributed by atoms with Crippen LogP contribution in [0.4, 0.5) is 5.82 Å². The minimum Gasteiger partial charge on any atom is -0.366 e. The van der Waals surface area contributed by atoms with Gasteiger partial charge in [0.05, 0.1) is 5.69 Å². The van der Waals surface area contributed by atoms with E-state index in [-0.39, 0.29) is 0 Å². The maximum absolute atomic E-state index is 5.79. The Labute approximate surface area is 98.2 Å². The van der Waals surface area contributed by atoms with Crippen LogP contribution in [0, 0.1) is 6.92 Å². The first-order valence-corrected chi connectivity index (χ1v) is 5.95. The highest BCUT2D eigenvalue weighted by molar-refractivity contribution is 9.10. The number of pyridine rings is 1. The van der Waals surface area contributed by atoms with Gasteiger partial charge in [-0.25, -0.2) is 4.98 Å². The van der Waals surface area contributed by atoms with Gasteiger partial charge in [-0.15, -0.1) is 11.6 Å². The van der Waals surface area contributed by atoms with Gasteiger partial charge in [0.2, 0.25) is 0 Å². The highest BCUT2D eigenvalue weighted by Crippen LogP contribution is 2.17. The van der Waals surface area contributed by atoms with Crippen LogP contribution in [0.2, 0.25) is 0 Å². The van der Waals surface area contributed by atoms with Crippen molar-refractivity contribution >= 4 is 33.3 Å². The molecule has 0 bridgehead atoms. The summed E-state index contributed by atoms with van der Waals surface area (Å²) >= 11 is 9.20. The molecule has 1 aromatic rings. The molecular formula is C10H14BrClN2. The molecule has 0 fully saturated rings. The number of nitrogens with zero attached hydrogens (tertiary/aromatic N) is 1. The second-order valence-corrected chi connectivity index (χ2v) is 4.33. The van der Waals surface area contributed by atoms with Gasteiger partial charge in [-0.1, -0.05) is 6.92 Å². The molecule has 0 spiro atoms. The number of alkyl halides is 1.